The number of phenols is 1. The van der Waals surface area contributed by atoms with Gasteiger partial charge in [0.2, 0.25) is 5.91 Å². The van der Waals surface area contributed by atoms with Crippen LogP contribution < -0.4 is 4.74 Å². The molecule has 1 amide bonds. The highest BCUT2D eigenvalue weighted by Crippen LogP contribution is 2.55. The third kappa shape index (κ3) is 9.87. The van der Waals surface area contributed by atoms with Gasteiger partial charge in [-0.05, 0) is 65.2 Å². The maximum absolute atomic E-state index is 13.1. The first-order valence-electron chi connectivity index (χ1n) is 16.9. The lowest BCUT2D eigenvalue weighted by Crippen LogP contribution is -2.43. The standard InChI is InChI=1S/C39H59NO5S2/c1-35(2,3)27-21-25(22-28(33(27)44)36(4,5)6)46-39(17-19-40(20-18-39)31(41)15-14-16-32(42)43)47-26-23-29(37(7,8)9)34(45-13)30(24-26)38(10,11)12/h21-24,44H,14-20H2,1-13H3,(H,42,43). The predicted molar refractivity (Wildman–Crippen MR) is 198 cm³/mol. The van der Waals surface area contributed by atoms with E-state index in [0.29, 0.717) is 25.3 Å². The molecule has 3 rings (SSSR count). The molecule has 0 aromatic heterocycles. The molecule has 0 aliphatic carbocycles. The summed E-state index contributed by atoms with van der Waals surface area (Å²) in [5, 5.41) is 20.5. The fraction of sp³-hybridized carbons (Fsp3) is 0.641. The van der Waals surface area contributed by atoms with Gasteiger partial charge in [0.1, 0.15) is 11.5 Å². The van der Waals surface area contributed by atoms with Crippen molar-refractivity contribution in [1.29, 1.82) is 0 Å². The number of aliphatic carboxylic acids is 1. The fourth-order valence-corrected chi connectivity index (χ4v) is 9.19. The Morgan fingerprint density at radius 3 is 1.45 bits per heavy atom. The number of carbonyl (C=O) groups excluding carboxylic acids is 1. The molecule has 0 bridgehead atoms. The molecular weight excluding hydrogens is 627 g/mol. The minimum Gasteiger partial charge on any atom is -0.507 e. The van der Waals surface area contributed by atoms with E-state index in [1.807, 2.05) is 28.4 Å². The van der Waals surface area contributed by atoms with Crippen LogP contribution in [0.2, 0.25) is 0 Å². The lowest BCUT2D eigenvalue weighted by Gasteiger charge is -2.42. The van der Waals surface area contributed by atoms with Crippen molar-refractivity contribution < 1.29 is 24.5 Å². The van der Waals surface area contributed by atoms with Crippen LogP contribution in [0.5, 0.6) is 11.5 Å². The van der Waals surface area contributed by atoms with Crippen LogP contribution >= 0.6 is 23.5 Å². The maximum atomic E-state index is 13.1. The van der Waals surface area contributed by atoms with Crippen molar-refractivity contribution in [3.8, 4) is 11.5 Å². The second-order valence-electron chi connectivity index (χ2n) is 17.2. The Balaban J connectivity index is 2.15. The van der Waals surface area contributed by atoms with Gasteiger partial charge in [0.25, 0.3) is 0 Å². The van der Waals surface area contributed by atoms with Gasteiger partial charge in [0, 0.05) is 58.0 Å². The fourth-order valence-electron chi connectivity index (χ4n) is 6.11. The number of methoxy groups -OCH3 is 1. The van der Waals surface area contributed by atoms with Gasteiger partial charge in [-0.1, -0.05) is 83.1 Å². The third-order valence-electron chi connectivity index (χ3n) is 8.85. The molecule has 1 fully saturated rings. The van der Waals surface area contributed by atoms with Crippen molar-refractivity contribution in [2.45, 2.75) is 151 Å². The molecule has 8 heteroatoms. The maximum Gasteiger partial charge on any atom is 0.303 e. The van der Waals surface area contributed by atoms with Gasteiger partial charge in [0.05, 0.1) is 11.2 Å². The minimum absolute atomic E-state index is 0.00594. The predicted octanol–water partition coefficient (Wildman–Crippen LogP) is 10.0. The number of carboxylic acid groups (broad SMARTS) is 1. The molecule has 1 aliphatic heterocycles. The van der Waals surface area contributed by atoms with Crippen molar-refractivity contribution in [2.24, 2.45) is 0 Å². The van der Waals surface area contributed by atoms with E-state index < -0.39 is 5.97 Å². The molecule has 2 aromatic carbocycles. The molecule has 1 aliphatic rings. The van der Waals surface area contributed by atoms with Crippen molar-refractivity contribution >= 4 is 35.4 Å². The minimum atomic E-state index is -0.870. The number of carboxylic acids is 1. The number of nitrogens with zero attached hydrogens (tertiary/aromatic N) is 1. The summed E-state index contributed by atoms with van der Waals surface area (Å²) in [5.41, 5.74) is 3.48. The van der Waals surface area contributed by atoms with Gasteiger partial charge < -0.3 is 19.8 Å². The van der Waals surface area contributed by atoms with Gasteiger partial charge in [-0.2, -0.15) is 0 Å². The quantitative estimate of drug-likeness (QED) is 0.254. The number of amides is 1. The Kier molecular flexibility index (Phi) is 11.9. The van der Waals surface area contributed by atoms with Crippen LogP contribution in [-0.2, 0) is 31.2 Å². The summed E-state index contributed by atoms with van der Waals surface area (Å²) in [6.45, 7) is 27.4. The molecule has 0 spiro atoms. The zero-order valence-electron chi connectivity index (χ0n) is 31.1. The number of phenolic OH excluding ortho intramolecular Hbond substituents is 1. The lowest BCUT2D eigenvalue weighted by atomic mass is 9.79. The summed E-state index contributed by atoms with van der Waals surface area (Å²) in [6, 6.07) is 8.91. The van der Waals surface area contributed by atoms with Gasteiger partial charge in [-0.15, -0.1) is 23.5 Å². The number of carbonyl (C=O) groups is 2. The van der Waals surface area contributed by atoms with Gasteiger partial charge >= 0.3 is 5.97 Å². The Bertz CT molecular complexity index is 1380. The van der Waals surface area contributed by atoms with Crippen molar-refractivity contribution in [3.63, 3.8) is 0 Å². The Labute approximate surface area is 292 Å². The lowest BCUT2D eigenvalue weighted by molar-refractivity contribution is -0.137. The van der Waals surface area contributed by atoms with Crippen LogP contribution in [-0.4, -0.2) is 51.3 Å². The van der Waals surface area contributed by atoms with E-state index in [1.54, 1.807) is 7.11 Å². The second-order valence-corrected chi connectivity index (χ2v) is 20.3. The summed E-state index contributed by atoms with van der Waals surface area (Å²) < 4.78 is 5.79. The number of aromatic hydroxyl groups is 1. The number of hydrogen-bond donors (Lipinski definition) is 2. The summed E-state index contributed by atoms with van der Waals surface area (Å²) >= 11 is 3.74. The first-order valence-corrected chi connectivity index (χ1v) is 18.5. The first kappa shape index (κ1) is 39.1. The molecule has 1 heterocycles. The highest BCUT2D eigenvalue weighted by atomic mass is 32.2. The molecular formula is C39H59NO5S2. The average molecular weight is 686 g/mol. The van der Waals surface area contributed by atoms with E-state index >= 15 is 0 Å². The number of ether oxygens (including phenoxy) is 1. The number of benzene rings is 2. The van der Waals surface area contributed by atoms with Crippen LogP contribution in [0.15, 0.2) is 34.1 Å². The highest BCUT2D eigenvalue weighted by Gasteiger charge is 2.40. The molecule has 0 atom stereocenters. The van der Waals surface area contributed by atoms with E-state index in [2.05, 4.69) is 107 Å². The van der Waals surface area contributed by atoms with Gasteiger partial charge in [-0.25, -0.2) is 0 Å². The van der Waals surface area contributed by atoms with E-state index in [-0.39, 0.29) is 44.5 Å². The summed E-state index contributed by atoms with van der Waals surface area (Å²) in [6.07, 6.45) is 2.15. The zero-order valence-corrected chi connectivity index (χ0v) is 32.8. The molecule has 2 aromatic rings. The van der Waals surface area contributed by atoms with Crippen LogP contribution in [0.4, 0.5) is 0 Å². The first-order chi connectivity index (χ1) is 21.4. The topological polar surface area (TPSA) is 87.1 Å². The van der Waals surface area contributed by atoms with Crippen molar-refractivity contribution in [1.82, 2.24) is 4.90 Å². The molecule has 2 N–H and O–H groups in total. The van der Waals surface area contributed by atoms with E-state index in [1.165, 1.54) is 16.0 Å². The third-order valence-corrected chi connectivity index (χ3v) is 11.9. The Morgan fingerprint density at radius 1 is 0.723 bits per heavy atom. The molecule has 6 nitrogen and oxygen atoms in total. The molecule has 1 saturated heterocycles. The van der Waals surface area contributed by atoms with E-state index in [0.717, 1.165) is 34.6 Å². The number of piperidine rings is 1. The highest BCUT2D eigenvalue weighted by molar-refractivity contribution is 8.18. The molecule has 0 radical (unpaired) electrons. The molecule has 0 saturated carbocycles. The van der Waals surface area contributed by atoms with E-state index in [4.69, 9.17) is 9.84 Å². The molecule has 262 valence electrons. The van der Waals surface area contributed by atoms with Crippen molar-refractivity contribution in [3.05, 3.63) is 46.5 Å². The number of hydrogen-bond acceptors (Lipinski definition) is 6. The number of rotatable bonds is 9. The number of likely N-dealkylation sites (tertiary alicyclic amines) is 1. The summed E-state index contributed by atoms with van der Waals surface area (Å²) in [7, 11) is 1.76. The van der Waals surface area contributed by atoms with Gasteiger partial charge in [0.15, 0.2) is 0 Å². The van der Waals surface area contributed by atoms with Crippen LogP contribution in [0.25, 0.3) is 0 Å². The second kappa shape index (κ2) is 14.3. The molecule has 47 heavy (non-hydrogen) atoms. The normalized spacial score (nSPS) is 15.9. The summed E-state index contributed by atoms with van der Waals surface area (Å²) in [5.74, 6) is 0.475. The van der Waals surface area contributed by atoms with Crippen LogP contribution in [0.1, 0.15) is 137 Å². The Morgan fingerprint density at radius 2 is 1.11 bits per heavy atom. The largest absolute Gasteiger partial charge is 0.507 e. The monoisotopic (exact) mass is 685 g/mol. The zero-order chi connectivity index (χ0) is 35.8. The smallest absolute Gasteiger partial charge is 0.303 e. The summed E-state index contributed by atoms with van der Waals surface area (Å²) in [4.78, 5) is 28.4. The van der Waals surface area contributed by atoms with Crippen LogP contribution in [0, 0.1) is 0 Å². The van der Waals surface area contributed by atoms with Crippen LogP contribution in [0.3, 0.4) is 0 Å². The van der Waals surface area contributed by atoms with E-state index in [9.17, 15) is 14.7 Å². The Hall–Kier alpha value is -2.32. The number of thioether (sulfide) groups is 2. The van der Waals surface area contributed by atoms with Gasteiger partial charge in [-0.3, -0.25) is 9.59 Å². The van der Waals surface area contributed by atoms with Crippen molar-refractivity contribution in [2.75, 3.05) is 20.2 Å². The molecule has 0 unspecified atom stereocenters. The SMILES string of the molecule is COc1c(C(C)(C)C)cc(SC2(Sc3cc(C(C)(C)C)c(O)c(C(C)(C)C)c3)CCN(C(=O)CCCC(=O)O)CC2)cc1C(C)(C)C. The average Bonchev–Trinajstić information content (AvgIpc) is 2.91.